The molecular formula is C17H21FN2O5. The number of aliphatic carboxylic acids is 1. The molecule has 1 aliphatic rings. The van der Waals surface area contributed by atoms with Crippen molar-refractivity contribution >= 4 is 17.8 Å². The zero-order valence-corrected chi connectivity index (χ0v) is 14.3. The minimum absolute atomic E-state index is 0.00704. The summed E-state index contributed by atoms with van der Waals surface area (Å²) in [7, 11) is 0. The van der Waals surface area contributed by atoms with Gasteiger partial charge in [0, 0.05) is 12.8 Å². The quantitative estimate of drug-likeness (QED) is 0.848. The van der Waals surface area contributed by atoms with Crippen LogP contribution in [-0.2, 0) is 20.8 Å². The number of rotatable bonds is 5. The molecule has 0 bridgehead atoms. The van der Waals surface area contributed by atoms with Gasteiger partial charge in [-0.3, -0.25) is 0 Å². The molecule has 0 aliphatic carbocycles. The number of carbonyl (C=O) groups is 2. The molecule has 2 N–H and O–H groups in total. The number of halogens is 1. The Kier molecular flexibility index (Phi) is 5.30. The summed E-state index contributed by atoms with van der Waals surface area (Å²) >= 11 is 0. The van der Waals surface area contributed by atoms with Gasteiger partial charge in [0.1, 0.15) is 11.4 Å². The van der Waals surface area contributed by atoms with E-state index in [4.69, 9.17) is 9.57 Å². The van der Waals surface area contributed by atoms with E-state index in [2.05, 4.69) is 10.5 Å². The zero-order chi connectivity index (χ0) is 18.7. The molecule has 8 heteroatoms. The maximum Gasteiger partial charge on any atom is 0.407 e. The summed E-state index contributed by atoms with van der Waals surface area (Å²) in [5, 5.41) is 15.8. The molecule has 0 aromatic heterocycles. The van der Waals surface area contributed by atoms with Gasteiger partial charge in [-0.1, -0.05) is 17.3 Å². The molecule has 7 nitrogen and oxygen atoms in total. The maximum atomic E-state index is 13.3. The largest absolute Gasteiger partial charge is 0.478 e. The van der Waals surface area contributed by atoms with Crippen LogP contribution in [0.4, 0.5) is 9.18 Å². The average Bonchev–Trinajstić information content (AvgIpc) is 2.88. The number of hydrogen-bond donors (Lipinski definition) is 2. The third kappa shape index (κ3) is 5.17. The predicted octanol–water partition coefficient (Wildman–Crippen LogP) is 2.49. The molecule has 0 saturated carbocycles. The molecule has 1 atom stereocenters. The van der Waals surface area contributed by atoms with Crippen LogP contribution >= 0.6 is 0 Å². The number of hydrogen-bond acceptors (Lipinski definition) is 5. The van der Waals surface area contributed by atoms with E-state index < -0.39 is 29.1 Å². The minimum atomic E-state index is -1.61. The van der Waals surface area contributed by atoms with Gasteiger partial charge in [-0.2, -0.15) is 0 Å². The fourth-order valence-corrected chi connectivity index (χ4v) is 2.39. The van der Waals surface area contributed by atoms with E-state index >= 15 is 0 Å². The number of oxime groups is 1. The molecule has 0 fully saturated rings. The number of ether oxygens (including phenoxy) is 1. The number of carboxylic acids is 1. The molecule has 0 saturated heterocycles. The monoisotopic (exact) mass is 352 g/mol. The SMILES string of the molecule is CC(C)(C)OC(=O)NCC1=NOC(Cc2cccc(F)c2)(C(=O)O)C1. The van der Waals surface area contributed by atoms with Gasteiger partial charge in [-0.25, -0.2) is 14.0 Å². The Morgan fingerprint density at radius 2 is 2.16 bits per heavy atom. The summed E-state index contributed by atoms with van der Waals surface area (Å²) in [5.41, 5.74) is -1.40. The second kappa shape index (κ2) is 7.08. The van der Waals surface area contributed by atoms with E-state index in [0.717, 1.165) is 0 Å². The summed E-state index contributed by atoms with van der Waals surface area (Å²) in [5.74, 6) is -1.66. The number of nitrogens with one attached hydrogen (secondary N) is 1. The second-order valence-electron chi connectivity index (χ2n) is 6.89. The Bertz CT molecular complexity index is 699. The number of carboxylic acid groups (broad SMARTS) is 1. The molecule has 0 radical (unpaired) electrons. The summed E-state index contributed by atoms with van der Waals surface area (Å²) < 4.78 is 18.4. The third-order valence-corrected chi connectivity index (χ3v) is 3.44. The summed E-state index contributed by atoms with van der Waals surface area (Å²) in [6.45, 7) is 5.21. The Morgan fingerprint density at radius 1 is 1.44 bits per heavy atom. The van der Waals surface area contributed by atoms with Crippen LogP contribution in [0.15, 0.2) is 29.4 Å². The van der Waals surface area contributed by atoms with Crippen LogP contribution in [0.1, 0.15) is 32.8 Å². The molecule has 1 heterocycles. The third-order valence-electron chi connectivity index (χ3n) is 3.44. The van der Waals surface area contributed by atoms with Gasteiger partial charge in [0.2, 0.25) is 5.60 Å². The summed E-state index contributed by atoms with van der Waals surface area (Å²) in [4.78, 5) is 28.5. The van der Waals surface area contributed by atoms with Crippen molar-refractivity contribution in [2.45, 2.75) is 44.8 Å². The van der Waals surface area contributed by atoms with E-state index in [1.165, 1.54) is 18.2 Å². The Balaban J connectivity index is 1.98. The first kappa shape index (κ1) is 18.7. The highest BCUT2D eigenvalue weighted by molar-refractivity contribution is 5.95. The van der Waals surface area contributed by atoms with Crippen molar-refractivity contribution in [3.8, 4) is 0 Å². The number of carbonyl (C=O) groups excluding carboxylic acids is 1. The standard InChI is InChI=1S/C17H21FN2O5/c1-16(2,3)24-15(23)19-10-13-9-17(14(21)22,25-20-13)8-11-5-4-6-12(18)7-11/h4-7H,8-10H2,1-3H3,(H,19,23)(H,21,22). The molecule has 1 aliphatic heterocycles. The fraction of sp³-hybridized carbons (Fsp3) is 0.471. The van der Waals surface area contributed by atoms with Crippen molar-refractivity contribution in [1.29, 1.82) is 0 Å². The number of benzene rings is 1. The second-order valence-corrected chi connectivity index (χ2v) is 6.89. The summed E-state index contributed by atoms with van der Waals surface area (Å²) in [6.07, 6.45) is -0.693. The van der Waals surface area contributed by atoms with Crippen LogP contribution in [0.2, 0.25) is 0 Å². The molecule has 1 aromatic carbocycles. The molecule has 136 valence electrons. The first-order valence-corrected chi connectivity index (χ1v) is 7.78. The lowest BCUT2D eigenvalue weighted by Crippen LogP contribution is -2.42. The van der Waals surface area contributed by atoms with Crippen molar-refractivity contribution in [3.05, 3.63) is 35.6 Å². The van der Waals surface area contributed by atoms with Crippen molar-refractivity contribution in [2.75, 3.05) is 6.54 Å². The van der Waals surface area contributed by atoms with Crippen LogP contribution in [-0.4, -0.2) is 40.6 Å². The topological polar surface area (TPSA) is 97.2 Å². The molecule has 1 aromatic rings. The highest BCUT2D eigenvalue weighted by Gasteiger charge is 2.47. The molecule has 1 amide bonds. The molecular weight excluding hydrogens is 331 g/mol. The number of alkyl carbamates (subject to hydrolysis) is 1. The van der Waals surface area contributed by atoms with Gasteiger partial charge in [-0.05, 0) is 38.5 Å². The van der Waals surface area contributed by atoms with Crippen molar-refractivity contribution in [1.82, 2.24) is 5.32 Å². The predicted molar refractivity (Wildman–Crippen MR) is 87.8 cm³/mol. The Morgan fingerprint density at radius 3 is 2.76 bits per heavy atom. The fourth-order valence-electron chi connectivity index (χ4n) is 2.39. The Labute approximate surface area is 144 Å². The molecule has 2 rings (SSSR count). The number of nitrogens with zero attached hydrogens (tertiary/aromatic N) is 1. The van der Waals surface area contributed by atoms with Crippen LogP contribution in [0, 0.1) is 5.82 Å². The number of amides is 1. The first-order chi connectivity index (χ1) is 11.6. The van der Waals surface area contributed by atoms with E-state index in [0.29, 0.717) is 11.3 Å². The van der Waals surface area contributed by atoms with Crippen molar-refractivity contribution in [3.63, 3.8) is 0 Å². The van der Waals surface area contributed by atoms with Crippen LogP contribution in [0.5, 0.6) is 0 Å². The van der Waals surface area contributed by atoms with Crippen molar-refractivity contribution < 1.29 is 28.7 Å². The summed E-state index contributed by atoms with van der Waals surface area (Å²) in [6, 6.07) is 5.65. The van der Waals surface area contributed by atoms with Gasteiger partial charge in [0.15, 0.2) is 0 Å². The van der Waals surface area contributed by atoms with Gasteiger partial charge < -0.3 is 20.0 Å². The smallest absolute Gasteiger partial charge is 0.407 e. The lowest BCUT2D eigenvalue weighted by molar-refractivity contribution is -0.162. The van der Waals surface area contributed by atoms with E-state index in [1.807, 2.05) is 0 Å². The highest BCUT2D eigenvalue weighted by Crippen LogP contribution is 2.29. The van der Waals surface area contributed by atoms with Gasteiger partial charge in [-0.15, -0.1) is 0 Å². The molecule has 1 unspecified atom stereocenters. The van der Waals surface area contributed by atoms with E-state index in [1.54, 1.807) is 26.8 Å². The maximum absolute atomic E-state index is 13.3. The minimum Gasteiger partial charge on any atom is -0.478 e. The normalized spacial score (nSPS) is 19.8. The van der Waals surface area contributed by atoms with Crippen molar-refractivity contribution in [2.24, 2.45) is 5.16 Å². The lowest BCUT2D eigenvalue weighted by atomic mass is 9.90. The highest BCUT2D eigenvalue weighted by atomic mass is 19.1. The van der Waals surface area contributed by atoms with Gasteiger partial charge in [0.05, 0.1) is 12.3 Å². The average molecular weight is 352 g/mol. The Hall–Kier alpha value is -2.64. The first-order valence-electron chi connectivity index (χ1n) is 7.78. The lowest BCUT2D eigenvalue weighted by Gasteiger charge is -2.22. The zero-order valence-electron chi connectivity index (χ0n) is 14.3. The molecule has 25 heavy (non-hydrogen) atoms. The van der Waals surface area contributed by atoms with E-state index in [9.17, 15) is 19.1 Å². The van der Waals surface area contributed by atoms with Gasteiger partial charge in [0.25, 0.3) is 0 Å². The van der Waals surface area contributed by atoms with Crippen LogP contribution < -0.4 is 5.32 Å². The van der Waals surface area contributed by atoms with E-state index in [-0.39, 0.29) is 19.4 Å². The molecule has 0 spiro atoms. The van der Waals surface area contributed by atoms with Crippen LogP contribution in [0.25, 0.3) is 0 Å². The van der Waals surface area contributed by atoms with Crippen LogP contribution in [0.3, 0.4) is 0 Å². The van der Waals surface area contributed by atoms with Gasteiger partial charge >= 0.3 is 12.1 Å².